The quantitative estimate of drug-likeness (QED) is 0.578. The SMILES string of the molecule is Cc1nc2ccc(N[C@H](C)c3nnc(-c4ccccc4)o3)cc2s1. The molecule has 0 bridgehead atoms. The van der Waals surface area contributed by atoms with Gasteiger partial charge in [-0.3, -0.25) is 0 Å². The van der Waals surface area contributed by atoms with E-state index in [9.17, 15) is 0 Å². The Kier molecular flexibility index (Phi) is 3.74. The average molecular weight is 336 g/mol. The molecular formula is C18H16N4OS. The van der Waals surface area contributed by atoms with Gasteiger partial charge in [0, 0.05) is 11.3 Å². The van der Waals surface area contributed by atoms with Crippen LogP contribution in [0.3, 0.4) is 0 Å². The van der Waals surface area contributed by atoms with Crippen molar-refractivity contribution < 1.29 is 4.42 Å². The van der Waals surface area contributed by atoms with Gasteiger partial charge in [-0.15, -0.1) is 21.5 Å². The van der Waals surface area contributed by atoms with Gasteiger partial charge in [0.05, 0.1) is 15.2 Å². The molecule has 0 aliphatic carbocycles. The normalized spacial score (nSPS) is 12.4. The first kappa shape index (κ1) is 14.8. The Balaban J connectivity index is 1.55. The van der Waals surface area contributed by atoms with E-state index in [-0.39, 0.29) is 6.04 Å². The average Bonchev–Trinajstić information content (AvgIpc) is 3.21. The molecule has 4 rings (SSSR count). The van der Waals surface area contributed by atoms with E-state index in [1.807, 2.05) is 56.3 Å². The van der Waals surface area contributed by atoms with Crippen molar-refractivity contribution in [3.05, 3.63) is 59.4 Å². The number of rotatable bonds is 4. The summed E-state index contributed by atoms with van der Waals surface area (Å²) in [6, 6.07) is 15.8. The van der Waals surface area contributed by atoms with Crippen molar-refractivity contribution in [2.75, 3.05) is 5.32 Å². The number of hydrogen-bond acceptors (Lipinski definition) is 6. The lowest BCUT2D eigenvalue weighted by Crippen LogP contribution is -2.06. The van der Waals surface area contributed by atoms with E-state index in [1.165, 1.54) is 4.70 Å². The fourth-order valence-electron chi connectivity index (χ4n) is 2.55. The van der Waals surface area contributed by atoms with E-state index in [4.69, 9.17) is 4.42 Å². The van der Waals surface area contributed by atoms with Gasteiger partial charge >= 0.3 is 0 Å². The van der Waals surface area contributed by atoms with E-state index in [2.05, 4.69) is 26.6 Å². The Bertz CT molecular complexity index is 977. The van der Waals surface area contributed by atoms with Crippen LogP contribution in [0.25, 0.3) is 21.7 Å². The number of benzene rings is 2. The molecule has 0 saturated heterocycles. The van der Waals surface area contributed by atoms with Crippen LogP contribution in [0.5, 0.6) is 0 Å². The van der Waals surface area contributed by atoms with E-state index >= 15 is 0 Å². The summed E-state index contributed by atoms with van der Waals surface area (Å²) < 4.78 is 6.97. The molecule has 1 N–H and O–H groups in total. The molecule has 6 heteroatoms. The zero-order valence-electron chi connectivity index (χ0n) is 13.4. The topological polar surface area (TPSA) is 63.8 Å². The highest BCUT2D eigenvalue weighted by Crippen LogP contribution is 2.27. The highest BCUT2D eigenvalue weighted by molar-refractivity contribution is 7.18. The third kappa shape index (κ3) is 2.88. The first-order chi connectivity index (χ1) is 11.7. The van der Waals surface area contributed by atoms with Crippen molar-refractivity contribution >= 4 is 27.2 Å². The molecule has 4 aromatic rings. The second-order valence-corrected chi connectivity index (χ2v) is 6.83. The van der Waals surface area contributed by atoms with E-state index in [0.717, 1.165) is 21.8 Å². The van der Waals surface area contributed by atoms with Crippen LogP contribution in [-0.4, -0.2) is 15.2 Å². The number of aromatic nitrogens is 3. The molecular weight excluding hydrogens is 320 g/mol. The number of nitrogens with one attached hydrogen (secondary N) is 1. The fourth-order valence-corrected chi connectivity index (χ4v) is 3.41. The zero-order chi connectivity index (χ0) is 16.5. The summed E-state index contributed by atoms with van der Waals surface area (Å²) in [5.74, 6) is 1.10. The third-order valence-electron chi connectivity index (χ3n) is 3.71. The third-order valence-corrected chi connectivity index (χ3v) is 4.64. The summed E-state index contributed by atoms with van der Waals surface area (Å²) >= 11 is 1.69. The van der Waals surface area contributed by atoms with Gasteiger partial charge in [0.15, 0.2) is 0 Å². The Morgan fingerprint density at radius 3 is 2.75 bits per heavy atom. The number of hydrogen-bond donors (Lipinski definition) is 1. The molecule has 0 aliphatic heterocycles. The van der Waals surface area contributed by atoms with Gasteiger partial charge in [-0.25, -0.2) is 4.98 Å². The molecule has 2 heterocycles. The van der Waals surface area contributed by atoms with E-state index in [1.54, 1.807) is 11.3 Å². The molecule has 24 heavy (non-hydrogen) atoms. The van der Waals surface area contributed by atoms with Crippen LogP contribution in [0.2, 0.25) is 0 Å². The van der Waals surface area contributed by atoms with Gasteiger partial charge in [0.2, 0.25) is 11.8 Å². The minimum Gasteiger partial charge on any atom is -0.418 e. The van der Waals surface area contributed by atoms with Gasteiger partial charge in [0.1, 0.15) is 6.04 Å². The monoisotopic (exact) mass is 336 g/mol. The maximum absolute atomic E-state index is 5.80. The largest absolute Gasteiger partial charge is 0.418 e. The minimum absolute atomic E-state index is 0.0820. The number of nitrogens with zero attached hydrogens (tertiary/aromatic N) is 3. The molecule has 0 amide bonds. The van der Waals surface area contributed by atoms with Gasteiger partial charge in [0.25, 0.3) is 0 Å². The summed E-state index contributed by atoms with van der Waals surface area (Å²) in [7, 11) is 0. The molecule has 2 aromatic carbocycles. The van der Waals surface area contributed by atoms with Gasteiger partial charge in [-0.1, -0.05) is 18.2 Å². The molecule has 0 spiro atoms. The van der Waals surface area contributed by atoms with Crippen molar-refractivity contribution in [1.29, 1.82) is 0 Å². The Hall–Kier alpha value is -2.73. The molecule has 1 atom stereocenters. The maximum atomic E-state index is 5.80. The lowest BCUT2D eigenvalue weighted by molar-refractivity contribution is 0.485. The highest BCUT2D eigenvalue weighted by atomic mass is 32.1. The second-order valence-electron chi connectivity index (χ2n) is 5.59. The first-order valence-electron chi connectivity index (χ1n) is 7.71. The number of fused-ring (bicyclic) bond motifs is 1. The second kappa shape index (κ2) is 6.05. The van der Waals surface area contributed by atoms with Gasteiger partial charge in [-0.2, -0.15) is 0 Å². The molecule has 0 saturated carbocycles. The predicted octanol–water partition coefficient (Wildman–Crippen LogP) is 4.83. The predicted molar refractivity (Wildman–Crippen MR) is 96.1 cm³/mol. The summed E-state index contributed by atoms with van der Waals surface area (Å²) in [4.78, 5) is 4.48. The summed E-state index contributed by atoms with van der Waals surface area (Å²) in [5.41, 5.74) is 2.96. The van der Waals surface area contributed by atoms with Crippen LogP contribution in [0, 0.1) is 6.92 Å². The summed E-state index contributed by atoms with van der Waals surface area (Å²) in [6.07, 6.45) is 0. The molecule has 0 radical (unpaired) electrons. The Morgan fingerprint density at radius 1 is 1.08 bits per heavy atom. The van der Waals surface area contributed by atoms with Crippen molar-refractivity contribution in [3.63, 3.8) is 0 Å². The summed E-state index contributed by atoms with van der Waals surface area (Å²) in [5, 5.41) is 12.8. The molecule has 5 nitrogen and oxygen atoms in total. The van der Waals surface area contributed by atoms with Crippen molar-refractivity contribution in [2.45, 2.75) is 19.9 Å². The maximum Gasteiger partial charge on any atom is 0.247 e. The van der Waals surface area contributed by atoms with E-state index < -0.39 is 0 Å². The molecule has 0 aliphatic rings. The highest BCUT2D eigenvalue weighted by Gasteiger charge is 2.15. The molecule has 2 aromatic heterocycles. The Morgan fingerprint density at radius 2 is 1.92 bits per heavy atom. The molecule has 0 unspecified atom stereocenters. The van der Waals surface area contributed by atoms with Crippen molar-refractivity contribution in [3.8, 4) is 11.5 Å². The van der Waals surface area contributed by atoms with Gasteiger partial charge in [-0.05, 0) is 44.2 Å². The standard InChI is InChI=1S/C18H16N4OS/c1-11(17-21-22-18(23-17)13-6-4-3-5-7-13)19-14-8-9-15-16(10-14)24-12(2)20-15/h3-11,19H,1-2H3/t11-/m1/s1. The van der Waals surface area contributed by atoms with Gasteiger partial charge < -0.3 is 9.73 Å². The molecule has 120 valence electrons. The van der Waals surface area contributed by atoms with Crippen LogP contribution in [-0.2, 0) is 0 Å². The smallest absolute Gasteiger partial charge is 0.247 e. The number of thiazole rings is 1. The van der Waals surface area contributed by atoms with Crippen molar-refractivity contribution in [1.82, 2.24) is 15.2 Å². The lowest BCUT2D eigenvalue weighted by Gasteiger charge is -2.11. The van der Waals surface area contributed by atoms with Crippen LogP contribution < -0.4 is 5.32 Å². The number of anilines is 1. The molecule has 0 fully saturated rings. The van der Waals surface area contributed by atoms with E-state index in [0.29, 0.717) is 11.8 Å². The minimum atomic E-state index is -0.0820. The van der Waals surface area contributed by atoms with Crippen LogP contribution in [0.15, 0.2) is 52.9 Å². The van der Waals surface area contributed by atoms with Crippen LogP contribution in [0.4, 0.5) is 5.69 Å². The first-order valence-corrected chi connectivity index (χ1v) is 8.53. The zero-order valence-corrected chi connectivity index (χ0v) is 14.2. The number of aryl methyl sites for hydroxylation is 1. The van der Waals surface area contributed by atoms with Crippen molar-refractivity contribution in [2.24, 2.45) is 0 Å². The Labute approximate surface area is 143 Å². The van der Waals surface area contributed by atoms with Crippen LogP contribution in [0.1, 0.15) is 23.9 Å². The fraction of sp³-hybridized carbons (Fsp3) is 0.167. The summed E-state index contributed by atoms with van der Waals surface area (Å²) in [6.45, 7) is 4.02. The lowest BCUT2D eigenvalue weighted by atomic mass is 10.2. The van der Waals surface area contributed by atoms with Crippen LogP contribution >= 0.6 is 11.3 Å².